The molecule has 0 saturated heterocycles. The highest BCUT2D eigenvalue weighted by Gasteiger charge is 2.30. The van der Waals surface area contributed by atoms with Crippen LogP contribution >= 0.6 is 15.6 Å². The number of aliphatic hydroxyl groups excluding tert-OH is 1. The van der Waals surface area contributed by atoms with Crippen LogP contribution in [0.15, 0.2) is 0 Å². The molecular formula is C86H168O17P2. The molecule has 0 spiro atoms. The van der Waals surface area contributed by atoms with Crippen LogP contribution in [-0.2, 0) is 65.4 Å². The summed E-state index contributed by atoms with van der Waals surface area (Å²) in [4.78, 5) is 73.3. The molecular weight excluding hydrogens is 1370 g/mol. The molecule has 0 heterocycles. The van der Waals surface area contributed by atoms with Crippen molar-refractivity contribution >= 4 is 39.5 Å². The molecule has 0 fully saturated rings. The number of phosphoric ester groups is 2. The van der Waals surface area contributed by atoms with Crippen molar-refractivity contribution in [2.75, 3.05) is 39.6 Å². The first-order valence-corrected chi connectivity index (χ1v) is 47.5. The molecule has 17 nitrogen and oxygen atoms in total. The van der Waals surface area contributed by atoms with E-state index in [-0.39, 0.29) is 25.7 Å². The van der Waals surface area contributed by atoms with Gasteiger partial charge < -0.3 is 33.8 Å². The number of carbonyl (C=O) groups excluding carboxylic acids is 4. The minimum absolute atomic E-state index is 0.108. The number of esters is 4. The SMILES string of the molecule is CCCCCCCCCCCCCCCCCCCCCC(=O)O[C@H](COC(=O)CCCCCCCCCCCCCCCCC(C)CC)COP(=O)(O)OC[C@@H](O)COP(=O)(O)OC[C@@H](COC(=O)CCCCCCCCCCCC(C)C)OC(=O)CCCCCCCCCCCCCCCCCC. The first-order valence-electron chi connectivity index (χ1n) is 44.5. The first-order chi connectivity index (χ1) is 50.9. The molecule has 19 heteroatoms. The van der Waals surface area contributed by atoms with Gasteiger partial charge in [0, 0.05) is 25.7 Å². The molecule has 3 unspecified atom stereocenters. The summed E-state index contributed by atoms with van der Waals surface area (Å²) < 4.78 is 68.9. The fraction of sp³-hybridized carbons (Fsp3) is 0.953. The van der Waals surface area contributed by atoms with Crippen LogP contribution in [0.3, 0.4) is 0 Å². The second-order valence-corrected chi connectivity index (χ2v) is 34.6. The number of phosphoric acid groups is 2. The van der Waals surface area contributed by atoms with Crippen molar-refractivity contribution < 1.29 is 80.2 Å². The van der Waals surface area contributed by atoms with Crippen LogP contribution < -0.4 is 0 Å². The van der Waals surface area contributed by atoms with E-state index in [0.29, 0.717) is 25.7 Å². The van der Waals surface area contributed by atoms with E-state index < -0.39 is 97.5 Å². The van der Waals surface area contributed by atoms with Crippen molar-refractivity contribution in [3.8, 4) is 0 Å². The zero-order valence-corrected chi connectivity index (χ0v) is 70.8. The van der Waals surface area contributed by atoms with Crippen LogP contribution in [0, 0.1) is 11.8 Å². The number of rotatable bonds is 85. The standard InChI is InChI=1S/C86H168O17P2/c1-7-10-12-14-16-18-20-22-24-26-27-28-30-36-40-46-53-59-65-71-85(90)102-81(74-96-83(88)68-62-56-50-44-38-34-32-31-33-37-43-49-55-61-67-79(6)9-3)76-100-104(92,93)98-72-80(87)73-99-105(94,95)101-77-82(75-97-84(89)69-63-57-51-47-41-42-48-54-60-66-78(4)5)103-86(91)70-64-58-52-45-39-35-29-25-23-21-19-17-15-13-11-8-2/h78-82,87H,7-77H2,1-6H3,(H,92,93)(H,94,95)/t79?,80-,81-,82-/m1/s1. The van der Waals surface area contributed by atoms with Crippen LogP contribution in [0.4, 0.5) is 0 Å². The van der Waals surface area contributed by atoms with Gasteiger partial charge in [-0.15, -0.1) is 0 Å². The van der Waals surface area contributed by atoms with E-state index in [1.54, 1.807) is 0 Å². The van der Waals surface area contributed by atoms with Gasteiger partial charge in [-0.1, -0.05) is 408 Å². The lowest BCUT2D eigenvalue weighted by Gasteiger charge is -2.21. The average Bonchev–Trinajstić information content (AvgIpc) is 0.982. The van der Waals surface area contributed by atoms with Gasteiger partial charge in [0.25, 0.3) is 0 Å². The van der Waals surface area contributed by atoms with Gasteiger partial charge in [0.1, 0.15) is 19.3 Å². The summed E-state index contributed by atoms with van der Waals surface area (Å²) in [5, 5.41) is 10.7. The van der Waals surface area contributed by atoms with Crippen molar-refractivity contribution in [3.63, 3.8) is 0 Å². The third-order valence-electron chi connectivity index (χ3n) is 20.6. The van der Waals surface area contributed by atoms with Gasteiger partial charge in [0.05, 0.1) is 26.4 Å². The maximum Gasteiger partial charge on any atom is 0.472 e. The summed E-state index contributed by atoms with van der Waals surface area (Å²) in [6, 6.07) is 0. The molecule has 0 aromatic heterocycles. The molecule has 6 atom stereocenters. The molecule has 105 heavy (non-hydrogen) atoms. The van der Waals surface area contributed by atoms with Crippen molar-refractivity contribution in [3.05, 3.63) is 0 Å². The molecule has 0 aliphatic rings. The fourth-order valence-electron chi connectivity index (χ4n) is 13.4. The minimum Gasteiger partial charge on any atom is -0.462 e. The van der Waals surface area contributed by atoms with Crippen LogP contribution in [0.2, 0.25) is 0 Å². The lowest BCUT2D eigenvalue weighted by molar-refractivity contribution is -0.161. The second-order valence-electron chi connectivity index (χ2n) is 31.6. The average molecular weight is 1540 g/mol. The Hall–Kier alpha value is -1.94. The minimum atomic E-state index is -4.97. The molecule has 0 aliphatic heterocycles. The Morgan fingerprint density at radius 2 is 0.486 bits per heavy atom. The molecule has 0 radical (unpaired) electrons. The van der Waals surface area contributed by atoms with E-state index in [9.17, 15) is 43.2 Å². The monoisotopic (exact) mass is 1540 g/mol. The van der Waals surface area contributed by atoms with E-state index in [4.69, 9.17) is 37.0 Å². The van der Waals surface area contributed by atoms with Gasteiger partial charge >= 0.3 is 39.5 Å². The van der Waals surface area contributed by atoms with E-state index in [1.807, 2.05) is 0 Å². The highest BCUT2D eigenvalue weighted by Crippen LogP contribution is 2.45. The highest BCUT2D eigenvalue weighted by molar-refractivity contribution is 7.47. The lowest BCUT2D eigenvalue weighted by atomic mass is 9.99. The summed E-state index contributed by atoms with van der Waals surface area (Å²) in [7, 11) is -9.93. The zero-order chi connectivity index (χ0) is 77.1. The predicted molar refractivity (Wildman–Crippen MR) is 432 cm³/mol. The molecule has 624 valence electrons. The first kappa shape index (κ1) is 103. The number of hydrogen-bond acceptors (Lipinski definition) is 15. The molecule has 0 bridgehead atoms. The Labute approximate surface area is 645 Å². The summed E-state index contributed by atoms with van der Waals surface area (Å²) in [6.45, 7) is 9.72. The maximum atomic E-state index is 13.1. The van der Waals surface area contributed by atoms with Gasteiger partial charge in [-0.05, 0) is 37.5 Å². The number of ether oxygens (including phenoxy) is 4. The second kappa shape index (κ2) is 77.4. The predicted octanol–water partition coefficient (Wildman–Crippen LogP) is 26.2. The van der Waals surface area contributed by atoms with E-state index in [2.05, 4.69) is 41.5 Å². The number of aliphatic hydroxyl groups is 1. The maximum absolute atomic E-state index is 13.1. The molecule has 0 rings (SSSR count). The summed E-state index contributed by atoms with van der Waals surface area (Å²) in [6.07, 6.45) is 69.3. The Morgan fingerprint density at radius 1 is 0.276 bits per heavy atom. The van der Waals surface area contributed by atoms with Gasteiger partial charge in [0.15, 0.2) is 12.2 Å². The van der Waals surface area contributed by atoms with Crippen molar-refractivity contribution in [1.82, 2.24) is 0 Å². The van der Waals surface area contributed by atoms with Crippen molar-refractivity contribution in [2.24, 2.45) is 11.8 Å². The van der Waals surface area contributed by atoms with Crippen molar-refractivity contribution in [2.45, 2.75) is 477 Å². The largest absolute Gasteiger partial charge is 0.472 e. The van der Waals surface area contributed by atoms with Gasteiger partial charge in [-0.2, -0.15) is 0 Å². The molecule has 0 saturated carbocycles. The molecule has 0 aromatic rings. The number of hydrogen-bond donors (Lipinski definition) is 3. The number of carbonyl (C=O) groups is 4. The van der Waals surface area contributed by atoms with Crippen LogP contribution in [0.1, 0.15) is 459 Å². The zero-order valence-electron chi connectivity index (χ0n) is 69.0. The highest BCUT2D eigenvalue weighted by atomic mass is 31.2. The smallest absolute Gasteiger partial charge is 0.462 e. The molecule has 3 N–H and O–H groups in total. The van der Waals surface area contributed by atoms with Gasteiger partial charge in [-0.25, -0.2) is 9.13 Å². The van der Waals surface area contributed by atoms with Gasteiger partial charge in [-0.3, -0.25) is 37.3 Å². The fourth-order valence-corrected chi connectivity index (χ4v) is 15.0. The Bertz CT molecular complexity index is 2010. The molecule has 0 aromatic carbocycles. The number of unbranched alkanes of at least 4 members (excludes halogenated alkanes) is 54. The van der Waals surface area contributed by atoms with Gasteiger partial charge in [0.2, 0.25) is 0 Å². The van der Waals surface area contributed by atoms with Crippen molar-refractivity contribution in [1.29, 1.82) is 0 Å². The lowest BCUT2D eigenvalue weighted by Crippen LogP contribution is -2.30. The normalized spacial score (nSPS) is 14.1. The quantitative estimate of drug-likeness (QED) is 0.0222. The van der Waals surface area contributed by atoms with Crippen LogP contribution in [-0.4, -0.2) is 96.7 Å². The van der Waals surface area contributed by atoms with E-state index >= 15 is 0 Å². The van der Waals surface area contributed by atoms with E-state index in [0.717, 1.165) is 102 Å². The third-order valence-corrected chi connectivity index (χ3v) is 22.5. The Kier molecular flexibility index (Phi) is 76.0. The molecule has 0 aliphatic carbocycles. The van der Waals surface area contributed by atoms with Crippen LogP contribution in [0.25, 0.3) is 0 Å². The Morgan fingerprint density at radius 3 is 0.724 bits per heavy atom. The summed E-state index contributed by atoms with van der Waals surface area (Å²) >= 11 is 0. The summed E-state index contributed by atoms with van der Waals surface area (Å²) in [5.41, 5.74) is 0. The van der Waals surface area contributed by atoms with Crippen LogP contribution in [0.5, 0.6) is 0 Å². The third kappa shape index (κ3) is 78.5. The molecule has 0 amide bonds. The summed E-state index contributed by atoms with van der Waals surface area (Å²) in [5.74, 6) is -0.507. The van der Waals surface area contributed by atoms with E-state index in [1.165, 1.54) is 276 Å². The topological polar surface area (TPSA) is 237 Å². The Balaban J connectivity index is 5.26.